The van der Waals surface area contributed by atoms with Crippen LogP contribution in [-0.4, -0.2) is 71.5 Å². The van der Waals surface area contributed by atoms with E-state index in [-0.39, 0.29) is 10.8 Å². The van der Waals surface area contributed by atoms with Gasteiger partial charge in [0.1, 0.15) is 0 Å². The molecule has 1 aliphatic carbocycles. The fraction of sp³-hybridized carbons (Fsp3) is 0.571. The van der Waals surface area contributed by atoms with Gasteiger partial charge in [-0.25, -0.2) is 8.42 Å². The average Bonchev–Trinajstić information content (AvgIpc) is 3.19. The number of thioether (sulfide) groups is 1. The van der Waals surface area contributed by atoms with Crippen molar-refractivity contribution in [2.75, 3.05) is 32.1 Å². The molecule has 1 aliphatic heterocycles. The van der Waals surface area contributed by atoms with Gasteiger partial charge in [0.05, 0.1) is 23.9 Å². The highest BCUT2D eigenvalue weighted by Gasteiger charge is 2.26. The molecule has 11 heteroatoms. The average molecular weight is 480 g/mol. The number of ether oxygens (including phenoxy) is 1. The minimum absolute atomic E-state index is 0.0177. The Bertz CT molecular complexity index is 1030. The third-order valence-corrected chi connectivity index (χ3v) is 8.79. The van der Waals surface area contributed by atoms with Gasteiger partial charge in [0.2, 0.25) is 15.9 Å². The van der Waals surface area contributed by atoms with E-state index in [1.54, 1.807) is 24.3 Å². The Morgan fingerprint density at radius 3 is 2.50 bits per heavy atom. The van der Waals surface area contributed by atoms with Crippen molar-refractivity contribution in [1.82, 2.24) is 24.4 Å². The molecule has 0 unspecified atom stereocenters. The number of aromatic nitrogens is 3. The molecule has 2 heterocycles. The second-order valence-corrected chi connectivity index (χ2v) is 11.0. The van der Waals surface area contributed by atoms with Crippen molar-refractivity contribution >= 4 is 27.7 Å². The van der Waals surface area contributed by atoms with Crippen LogP contribution in [0.15, 0.2) is 34.3 Å². The lowest BCUT2D eigenvalue weighted by atomic mass is 9.95. The quantitative estimate of drug-likeness (QED) is 0.606. The van der Waals surface area contributed by atoms with Gasteiger partial charge >= 0.3 is 0 Å². The Kier molecular flexibility index (Phi) is 7.49. The third-order valence-electron chi connectivity index (χ3n) is 5.86. The van der Waals surface area contributed by atoms with Gasteiger partial charge in [-0.2, -0.15) is 4.31 Å². The monoisotopic (exact) mass is 479 g/mol. The van der Waals surface area contributed by atoms with Crippen LogP contribution in [0.3, 0.4) is 0 Å². The molecule has 2 fully saturated rings. The molecule has 1 aromatic carbocycles. The van der Waals surface area contributed by atoms with E-state index in [2.05, 4.69) is 15.5 Å². The Labute approximate surface area is 193 Å². The van der Waals surface area contributed by atoms with Crippen molar-refractivity contribution in [2.24, 2.45) is 7.05 Å². The molecule has 9 nitrogen and oxygen atoms in total. The first kappa shape index (κ1) is 23.2. The first-order valence-electron chi connectivity index (χ1n) is 10.9. The van der Waals surface area contributed by atoms with Gasteiger partial charge in [-0.05, 0) is 37.1 Å². The second-order valence-electron chi connectivity index (χ2n) is 8.10. The molecular formula is C21H29N5O4S2. The highest BCUT2D eigenvalue weighted by Crippen LogP contribution is 2.25. The van der Waals surface area contributed by atoms with Gasteiger partial charge in [0, 0.05) is 31.7 Å². The van der Waals surface area contributed by atoms with E-state index in [1.165, 1.54) is 35.3 Å². The van der Waals surface area contributed by atoms with Gasteiger partial charge in [0.15, 0.2) is 11.0 Å². The topological polar surface area (TPSA) is 106 Å². The summed E-state index contributed by atoms with van der Waals surface area (Å²) in [5.41, 5.74) is 0.763. The maximum absolute atomic E-state index is 12.8. The molecule has 1 amide bonds. The number of hydrogen-bond donors (Lipinski definition) is 1. The number of carbonyl (C=O) groups excluding carboxylic acids is 1. The molecule has 0 spiro atoms. The molecular weight excluding hydrogens is 450 g/mol. The minimum atomic E-state index is -3.53. The van der Waals surface area contributed by atoms with E-state index >= 15 is 0 Å². The number of morpholine rings is 1. The fourth-order valence-electron chi connectivity index (χ4n) is 4.05. The van der Waals surface area contributed by atoms with E-state index in [4.69, 9.17) is 4.74 Å². The largest absolute Gasteiger partial charge is 0.379 e. The van der Waals surface area contributed by atoms with Crippen LogP contribution < -0.4 is 5.32 Å². The SMILES string of the molecule is Cn1c(SCC(=O)NC2CCCCC2)nnc1-c1ccc(S(=O)(=O)N2CCOCC2)cc1. The van der Waals surface area contributed by atoms with Gasteiger partial charge in [-0.1, -0.05) is 31.0 Å². The van der Waals surface area contributed by atoms with Gasteiger partial charge in [0.25, 0.3) is 0 Å². The number of benzene rings is 1. The van der Waals surface area contributed by atoms with Crippen LogP contribution in [-0.2, 0) is 26.6 Å². The Morgan fingerprint density at radius 1 is 1.12 bits per heavy atom. The summed E-state index contributed by atoms with van der Waals surface area (Å²) in [6, 6.07) is 6.96. The number of amides is 1. The number of nitrogens with one attached hydrogen (secondary N) is 1. The smallest absolute Gasteiger partial charge is 0.243 e. The van der Waals surface area contributed by atoms with E-state index in [0.717, 1.165) is 18.4 Å². The molecule has 1 aromatic heterocycles. The first-order chi connectivity index (χ1) is 15.4. The Balaban J connectivity index is 1.38. The standard InChI is InChI=1S/C21H29N5O4S2/c1-25-20(23-24-21(25)31-15-19(27)22-17-5-3-2-4-6-17)16-7-9-18(10-8-16)32(28,29)26-11-13-30-14-12-26/h7-10,17H,2-6,11-15H2,1H3,(H,22,27). The van der Waals surface area contributed by atoms with Crippen LogP contribution >= 0.6 is 11.8 Å². The number of nitrogens with zero attached hydrogens (tertiary/aromatic N) is 4. The normalized spacial score (nSPS) is 18.5. The lowest BCUT2D eigenvalue weighted by Gasteiger charge is -2.26. The first-order valence-corrected chi connectivity index (χ1v) is 13.4. The molecule has 2 aromatic rings. The summed E-state index contributed by atoms with van der Waals surface area (Å²) in [4.78, 5) is 12.5. The maximum Gasteiger partial charge on any atom is 0.243 e. The number of rotatable bonds is 7. The Hall–Kier alpha value is -1.95. The molecule has 0 bridgehead atoms. The summed E-state index contributed by atoms with van der Waals surface area (Å²) in [6.45, 7) is 1.55. The summed E-state index contributed by atoms with van der Waals surface area (Å²) < 4.78 is 34.1. The van der Waals surface area contributed by atoms with E-state index in [9.17, 15) is 13.2 Å². The molecule has 2 aliphatic rings. The molecule has 4 rings (SSSR count). The zero-order valence-corrected chi connectivity index (χ0v) is 19.8. The zero-order valence-electron chi connectivity index (χ0n) is 18.2. The van der Waals surface area contributed by atoms with Crippen molar-refractivity contribution in [3.05, 3.63) is 24.3 Å². The van der Waals surface area contributed by atoms with Gasteiger partial charge in [-0.3, -0.25) is 4.79 Å². The molecule has 1 saturated carbocycles. The number of sulfonamides is 1. The summed E-state index contributed by atoms with van der Waals surface area (Å²) in [7, 11) is -1.69. The van der Waals surface area contributed by atoms with Gasteiger partial charge in [-0.15, -0.1) is 10.2 Å². The lowest BCUT2D eigenvalue weighted by molar-refractivity contribution is -0.119. The third kappa shape index (κ3) is 5.33. The van der Waals surface area contributed by atoms with Crippen molar-refractivity contribution < 1.29 is 17.9 Å². The highest BCUT2D eigenvalue weighted by molar-refractivity contribution is 7.99. The van der Waals surface area contributed by atoms with Crippen LogP contribution in [0.5, 0.6) is 0 Å². The molecule has 32 heavy (non-hydrogen) atoms. The van der Waals surface area contributed by atoms with Crippen LogP contribution in [0.25, 0.3) is 11.4 Å². The summed E-state index contributed by atoms with van der Waals surface area (Å²) >= 11 is 1.35. The van der Waals surface area contributed by atoms with Crippen molar-refractivity contribution in [2.45, 2.75) is 48.2 Å². The van der Waals surface area contributed by atoms with E-state index in [0.29, 0.717) is 49.1 Å². The van der Waals surface area contributed by atoms with Crippen LogP contribution in [0.1, 0.15) is 32.1 Å². The molecule has 0 radical (unpaired) electrons. The number of hydrogen-bond acceptors (Lipinski definition) is 7. The predicted octanol–water partition coefficient (Wildman–Crippen LogP) is 2.04. The summed E-state index contributed by atoms with van der Waals surface area (Å²) in [5.74, 6) is 0.929. The zero-order chi connectivity index (χ0) is 22.6. The lowest BCUT2D eigenvalue weighted by Crippen LogP contribution is -2.40. The minimum Gasteiger partial charge on any atom is -0.379 e. The van der Waals surface area contributed by atoms with Crippen LogP contribution in [0.4, 0.5) is 0 Å². The second kappa shape index (κ2) is 10.3. The maximum atomic E-state index is 12.8. The summed E-state index contributed by atoms with van der Waals surface area (Å²) in [6.07, 6.45) is 5.72. The van der Waals surface area contributed by atoms with Crippen molar-refractivity contribution in [3.8, 4) is 11.4 Å². The predicted molar refractivity (Wildman–Crippen MR) is 122 cm³/mol. The van der Waals surface area contributed by atoms with Crippen LogP contribution in [0, 0.1) is 0 Å². The van der Waals surface area contributed by atoms with E-state index in [1.807, 2.05) is 11.6 Å². The van der Waals surface area contributed by atoms with Gasteiger partial charge < -0.3 is 14.6 Å². The fourth-order valence-corrected chi connectivity index (χ4v) is 6.18. The van der Waals surface area contributed by atoms with Crippen LogP contribution in [0.2, 0.25) is 0 Å². The molecule has 174 valence electrons. The Morgan fingerprint density at radius 2 is 1.81 bits per heavy atom. The molecule has 1 saturated heterocycles. The summed E-state index contributed by atoms with van der Waals surface area (Å²) in [5, 5.41) is 12.2. The molecule has 1 N–H and O–H groups in total. The van der Waals surface area contributed by atoms with E-state index < -0.39 is 10.0 Å². The number of carbonyl (C=O) groups is 1. The van der Waals surface area contributed by atoms with Crippen molar-refractivity contribution in [3.63, 3.8) is 0 Å². The molecule has 0 atom stereocenters. The highest BCUT2D eigenvalue weighted by atomic mass is 32.2. The van der Waals surface area contributed by atoms with Crippen molar-refractivity contribution in [1.29, 1.82) is 0 Å².